The van der Waals surface area contributed by atoms with E-state index in [1.54, 1.807) is 48.5 Å². The molecule has 3 aliphatic carbocycles. The van der Waals surface area contributed by atoms with Crippen LogP contribution in [-0.4, -0.2) is 183 Å². The van der Waals surface area contributed by atoms with Gasteiger partial charge in [-0.3, -0.25) is 19.2 Å². The molecule has 0 aromatic carbocycles. The molecule has 91 heavy (non-hydrogen) atoms. The van der Waals surface area contributed by atoms with Crippen molar-refractivity contribution in [2.24, 2.45) is 16.2 Å². The number of carbonyl (C=O) groups excluding carboxylic acids is 8. The average molecular weight is 1310 g/mol. The van der Waals surface area contributed by atoms with Gasteiger partial charge in [0.2, 0.25) is 17.8 Å². The summed E-state index contributed by atoms with van der Waals surface area (Å²) in [5.74, 6) is -7.54. The monoisotopic (exact) mass is 1310 g/mol. The molecular weight excluding hydrogens is 1220 g/mol. The van der Waals surface area contributed by atoms with Crippen LogP contribution in [0.4, 0.5) is 0 Å². The maximum absolute atomic E-state index is 12.8. The lowest BCUT2D eigenvalue weighted by atomic mass is 9.70. The summed E-state index contributed by atoms with van der Waals surface area (Å²) in [6, 6.07) is 0. The largest absolute Gasteiger partial charge is 0.505 e. The van der Waals surface area contributed by atoms with Crippen LogP contribution in [0, 0.1) is 16.2 Å². The number of cyclic esters (lactones) is 2. The summed E-state index contributed by atoms with van der Waals surface area (Å²) in [4.78, 5) is 94.2. The Labute approximate surface area is 537 Å². The lowest BCUT2D eigenvalue weighted by Crippen LogP contribution is -2.42. The number of aliphatic hydroxyl groups excluding tert-OH is 7. The Balaban J connectivity index is 0.000000412. The number of allylic oxidation sites excluding steroid dienone is 9. The van der Waals surface area contributed by atoms with Crippen molar-refractivity contribution in [1.82, 2.24) is 0 Å². The number of rotatable bonds is 19. The van der Waals surface area contributed by atoms with Gasteiger partial charge in [-0.25, -0.2) is 19.2 Å². The van der Waals surface area contributed by atoms with Crippen LogP contribution in [0.3, 0.4) is 0 Å². The van der Waals surface area contributed by atoms with E-state index in [2.05, 4.69) is 38.5 Å². The zero-order valence-electron chi connectivity index (χ0n) is 55.7. The second-order valence-corrected chi connectivity index (χ2v) is 24.9. The fourth-order valence-corrected chi connectivity index (χ4v) is 10.4. The van der Waals surface area contributed by atoms with Gasteiger partial charge in [0, 0.05) is 39.3 Å². The first-order valence-electron chi connectivity index (χ1n) is 29.8. The Bertz CT molecular complexity index is 2910. The molecule has 512 valence electrons. The number of hydrogen-bond donors (Lipinski definition) is 7. The highest BCUT2D eigenvalue weighted by molar-refractivity contribution is 6.64. The molecule has 7 N–H and O–H groups in total. The number of hydrogen-bond acceptors (Lipinski definition) is 25. The van der Waals surface area contributed by atoms with Gasteiger partial charge in [-0.05, 0) is 158 Å². The molecule has 25 nitrogen and oxygen atoms in total. The SMILES string of the molecule is CC(C)=CC1=C(C)C(=O)C(O)CC1(C)C.CC(C)=CC1=C(C)C(=O)C(OC(=O)C2OC[C@@H]([C@H]3OC(=O)C(O)=C3O)O2)CC1(C)C.CCOC(OCC)C(=O)Cl.CCOC(OCC)C(=O)OC1CC(C)(C)C(C=C(C)C)=C(C)C1=O.O=C1O[C@H]([C@@H](O)CO)C(O)=C1O. The molecule has 1 saturated heterocycles. The first-order chi connectivity index (χ1) is 42.1. The summed E-state index contributed by atoms with van der Waals surface area (Å²) in [5.41, 5.74) is 7.51. The molecule has 1 fully saturated rings. The van der Waals surface area contributed by atoms with Crippen molar-refractivity contribution < 1.29 is 121 Å². The fraction of sp³-hybridized carbons (Fsp3) is 0.631. The van der Waals surface area contributed by atoms with Crippen molar-refractivity contribution >= 4 is 58.1 Å². The highest BCUT2D eigenvalue weighted by atomic mass is 35.5. The summed E-state index contributed by atoms with van der Waals surface area (Å²) < 4.78 is 50.8. The van der Waals surface area contributed by atoms with Gasteiger partial charge in [-0.1, -0.05) is 76.5 Å². The number of aliphatic hydroxyl groups is 7. The van der Waals surface area contributed by atoms with E-state index in [1.807, 2.05) is 67.5 Å². The van der Waals surface area contributed by atoms with Crippen molar-refractivity contribution in [3.8, 4) is 0 Å². The van der Waals surface area contributed by atoms with Gasteiger partial charge in [0.1, 0.15) is 18.3 Å². The van der Waals surface area contributed by atoms with Crippen LogP contribution in [0.2, 0.25) is 0 Å². The number of esters is 4. The van der Waals surface area contributed by atoms with Gasteiger partial charge < -0.3 is 83.1 Å². The van der Waals surface area contributed by atoms with E-state index in [0.717, 1.165) is 27.9 Å². The molecule has 0 amide bonds. The van der Waals surface area contributed by atoms with Crippen LogP contribution in [0.15, 0.2) is 91.4 Å². The summed E-state index contributed by atoms with van der Waals surface area (Å²) in [6.45, 7) is 37.2. The summed E-state index contributed by atoms with van der Waals surface area (Å²) >= 11 is 5.11. The summed E-state index contributed by atoms with van der Waals surface area (Å²) in [6.07, 6.45) is -3.74. The van der Waals surface area contributed by atoms with Crippen molar-refractivity contribution in [2.45, 2.75) is 212 Å². The van der Waals surface area contributed by atoms with Crippen molar-refractivity contribution in [3.05, 3.63) is 91.4 Å². The molecule has 0 aromatic rings. The van der Waals surface area contributed by atoms with Crippen LogP contribution >= 0.6 is 11.6 Å². The molecule has 8 atom stereocenters. The normalized spacial score (nSPS) is 24.4. The van der Waals surface area contributed by atoms with E-state index in [9.17, 15) is 53.7 Å². The fourth-order valence-electron chi connectivity index (χ4n) is 10.2. The highest BCUT2D eigenvalue weighted by Gasteiger charge is 2.48. The second kappa shape index (κ2) is 35.6. The zero-order valence-corrected chi connectivity index (χ0v) is 56.5. The number of Topliss-reactive ketones (excluding diaryl/α,β-unsaturated/α-hetero) is 3. The van der Waals surface area contributed by atoms with E-state index >= 15 is 0 Å². The Kier molecular flexibility index (Phi) is 31.6. The summed E-state index contributed by atoms with van der Waals surface area (Å²) in [7, 11) is 0. The molecular formula is C65H95ClO25. The Morgan fingerprint density at radius 1 is 0.593 bits per heavy atom. The first-order valence-corrected chi connectivity index (χ1v) is 30.2. The zero-order chi connectivity index (χ0) is 70.0. The molecule has 4 unspecified atom stereocenters. The molecule has 0 radical (unpaired) electrons. The second-order valence-electron chi connectivity index (χ2n) is 24.5. The number of carbonyl (C=O) groups is 8. The smallest absolute Gasteiger partial charge is 0.377 e. The maximum Gasteiger partial charge on any atom is 0.377 e. The molecule has 0 aromatic heterocycles. The van der Waals surface area contributed by atoms with Crippen LogP contribution in [0.5, 0.6) is 0 Å². The van der Waals surface area contributed by atoms with Crippen LogP contribution in [-0.2, 0) is 85.7 Å². The predicted octanol–water partition coefficient (Wildman–Crippen LogP) is 8.13. The topological polar surface area (TPSA) is 370 Å². The van der Waals surface area contributed by atoms with Crippen LogP contribution < -0.4 is 0 Å². The van der Waals surface area contributed by atoms with Gasteiger partial charge in [0.25, 0.3) is 17.8 Å². The van der Waals surface area contributed by atoms with Gasteiger partial charge in [-0.15, -0.1) is 0 Å². The lowest BCUT2D eigenvalue weighted by molar-refractivity contribution is -0.199. The third-order valence-electron chi connectivity index (χ3n) is 14.6. The van der Waals surface area contributed by atoms with Gasteiger partial charge >= 0.3 is 23.9 Å². The minimum Gasteiger partial charge on any atom is -0.505 e. The molecule has 6 rings (SSSR count). The number of ketones is 3. The van der Waals surface area contributed by atoms with E-state index in [4.69, 9.17) is 74.7 Å². The molecule has 0 bridgehead atoms. The standard InChI is InChI=1S/C21H26O9.C19H30O5.C13H20O2.C6H11ClO3.C6H8O6/c1-9(2)6-11-10(3)14(22)12(7-21(11,4)5)28-19(26)20-27-8-13(29-20)17-15(23)16(24)18(25)30-17;1-8-22-18(23-9-2)17(21)24-15-11-19(6,7)14(10-12(3)4)13(5)16(15)20;1-8(2)6-10-9(3)12(15)11(14)7-13(10,4)5;1-3-9-6(5(7)8)10-4-2;7-1-2(8)5-3(9)4(10)6(11)12-5/h6,12-13,17,20,23-24H,7-8H2,1-5H3;10,15,18H,8-9,11H2,1-7H3;6,11,14H,7H2,1-5H3;6H,3-4H2,1-2H3;2,5,7-10H,1H2/t12?,13-,17+,20?;;;;2-,5+/m0...0/s1. The molecule has 3 aliphatic heterocycles. The van der Waals surface area contributed by atoms with Gasteiger partial charge in [-0.2, -0.15) is 0 Å². The third kappa shape index (κ3) is 22.4. The van der Waals surface area contributed by atoms with Crippen LogP contribution in [0.1, 0.15) is 151 Å². The third-order valence-corrected chi connectivity index (χ3v) is 14.8. The van der Waals surface area contributed by atoms with E-state index in [-0.39, 0.29) is 40.2 Å². The lowest BCUT2D eigenvalue weighted by Gasteiger charge is -2.36. The van der Waals surface area contributed by atoms with Crippen molar-refractivity contribution in [2.75, 3.05) is 39.6 Å². The van der Waals surface area contributed by atoms with Crippen molar-refractivity contribution in [1.29, 1.82) is 0 Å². The molecule has 6 aliphatic rings. The van der Waals surface area contributed by atoms with E-state index < -0.39 is 120 Å². The van der Waals surface area contributed by atoms with E-state index in [0.29, 0.717) is 62.4 Å². The number of ether oxygens (including phenoxy) is 10. The van der Waals surface area contributed by atoms with Crippen LogP contribution in [0.25, 0.3) is 0 Å². The van der Waals surface area contributed by atoms with E-state index in [1.165, 1.54) is 5.57 Å². The predicted molar refractivity (Wildman–Crippen MR) is 329 cm³/mol. The average Bonchev–Trinajstić information content (AvgIpc) is 1.75. The molecule has 26 heteroatoms. The Morgan fingerprint density at radius 3 is 1.34 bits per heavy atom. The first kappa shape index (κ1) is 80.7. The number of halogens is 1. The Hall–Kier alpha value is -6.39. The Morgan fingerprint density at radius 2 is 0.978 bits per heavy atom. The van der Waals surface area contributed by atoms with Gasteiger partial charge in [0.05, 0.1) is 13.2 Å². The minimum atomic E-state index is -1.44. The quantitative estimate of drug-likeness (QED) is 0.0278. The molecule has 3 heterocycles. The highest BCUT2D eigenvalue weighted by Crippen LogP contribution is 2.44. The minimum absolute atomic E-state index is 0.116. The molecule has 0 spiro atoms. The maximum atomic E-state index is 12.8. The molecule has 0 saturated carbocycles. The summed E-state index contributed by atoms with van der Waals surface area (Å²) in [5, 5.41) is 63.2. The van der Waals surface area contributed by atoms with Crippen molar-refractivity contribution in [3.63, 3.8) is 0 Å². The van der Waals surface area contributed by atoms with Gasteiger partial charge in [0.15, 0.2) is 53.3 Å².